The molecule has 0 radical (unpaired) electrons. The molecule has 0 amide bonds. The number of rotatable bonds is 6. The summed E-state index contributed by atoms with van der Waals surface area (Å²) in [6.45, 7) is 7.97. The van der Waals surface area contributed by atoms with Crippen LogP contribution >= 0.6 is 0 Å². The van der Waals surface area contributed by atoms with E-state index in [4.69, 9.17) is 0 Å². The van der Waals surface area contributed by atoms with Crippen LogP contribution in [0.15, 0.2) is 18.2 Å². The first-order chi connectivity index (χ1) is 8.75. The van der Waals surface area contributed by atoms with Gasteiger partial charge in [-0.1, -0.05) is 32.0 Å². The van der Waals surface area contributed by atoms with E-state index in [1.807, 2.05) is 40.0 Å². The molecule has 0 saturated heterocycles. The molecule has 0 spiro atoms. The zero-order valence-corrected chi connectivity index (χ0v) is 13.3. The van der Waals surface area contributed by atoms with Crippen molar-refractivity contribution >= 4 is 9.84 Å². The highest BCUT2D eigenvalue weighted by molar-refractivity contribution is 7.91. The largest absolute Gasteiger partial charge is 0.312 e. The Hall–Kier alpha value is -0.870. The van der Waals surface area contributed by atoms with Crippen LogP contribution in [0.1, 0.15) is 36.6 Å². The Morgan fingerprint density at radius 2 is 1.74 bits per heavy atom. The maximum absolute atomic E-state index is 12.1. The lowest BCUT2D eigenvalue weighted by molar-refractivity contribution is 0.563. The van der Waals surface area contributed by atoms with Crippen molar-refractivity contribution in [3.63, 3.8) is 0 Å². The first kappa shape index (κ1) is 16.2. The molecule has 1 aromatic carbocycles. The van der Waals surface area contributed by atoms with Crippen LogP contribution in [0, 0.1) is 19.8 Å². The van der Waals surface area contributed by atoms with E-state index in [1.54, 1.807) is 0 Å². The van der Waals surface area contributed by atoms with Crippen LogP contribution in [0.2, 0.25) is 0 Å². The molecular formula is C15H25NO2S. The van der Waals surface area contributed by atoms with Crippen LogP contribution in [0.4, 0.5) is 0 Å². The monoisotopic (exact) mass is 283 g/mol. The second-order valence-corrected chi connectivity index (χ2v) is 7.81. The fourth-order valence-corrected chi connectivity index (χ4v) is 4.18. The highest BCUT2D eigenvalue weighted by Gasteiger charge is 2.20. The van der Waals surface area contributed by atoms with Gasteiger partial charge in [0.25, 0.3) is 0 Å². The minimum absolute atomic E-state index is 0.136. The molecule has 1 atom stereocenters. The highest BCUT2D eigenvalue weighted by atomic mass is 32.2. The van der Waals surface area contributed by atoms with Gasteiger partial charge < -0.3 is 5.32 Å². The smallest absolute Gasteiger partial charge is 0.152 e. The van der Waals surface area contributed by atoms with Gasteiger partial charge in [-0.3, -0.25) is 0 Å². The summed E-state index contributed by atoms with van der Waals surface area (Å²) < 4.78 is 24.2. The molecule has 0 aliphatic carbocycles. The quantitative estimate of drug-likeness (QED) is 0.873. The lowest BCUT2D eigenvalue weighted by atomic mass is 10.0. The predicted molar refractivity (Wildman–Crippen MR) is 81.2 cm³/mol. The molecule has 1 N–H and O–H groups in total. The molecule has 0 aromatic heterocycles. The van der Waals surface area contributed by atoms with Crippen molar-refractivity contribution in [2.75, 3.05) is 18.6 Å². The van der Waals surface area contributed by atoms with Gasteiger partial charge in [0, 0.05) is 6.04 Å². The number of sulfone groups is 1. The Morgan fingerprint density at radius 3 is 2.21 bits per heavy atom. The first-order valence-corrected chi connectivity index (χ1v) is 8.52. The van der Waals surface area contributed by atoms with Crippen molar-refractivity contribution in [3.8, 4) is 0 Å². The maximum atomic E-state index is 12.1. The van der Waals surface area contributed by atoms with Crippen molar-refractivity contribution in [3.05, 3.63) is 34.9 Å². The molecule has 1 rings (SSSR count). The zero-order valence-electron chi connectivity index (χ0n) is 12.5. The van der Waals surface area contributed by atoms with Gasteiger partial charge >= 0.3 is 0 Å². The van der Waals surface area contributed by atoms with Gasteiger partial charge in [0.1, 0.15) is 0 Å². The average molecular weight is 283 g/mol. The minimum atomic E-state index is -3.03. The normalized spacial score (nSPS) is 13.8. The lowest BCUT2D eigenvalue weighted by Gasteiger charge is -2.18. The Balaban J connectivity index is 2.92. The minimum Gasteiger partial charge on any atom is -0.312 e. The van der Waals surface area contributed by atoms with Crippen LogP contribution in [0.25, 0.3) is 0 Å². The van der Waals surface area contributed by atoms with Crippen LogP contribution < -0.4 is 5.32 Å². The van der Waals surface area contributed by atoms with Gasteiger partial charge in [0.05, 0.1) is 11.5 Å². The van der Waals surface area contributed by atoms with Gasteiger partial charge in [-0.25, -0.2) is 8.42 Å². The van der Waals surface area contributed by atoms with Gasteiger partial charge in [0.2, 0.25) is 0 Å². The molecule has 0 aliphatic heterocycles. The van der Waals surface area contributed by atoms with E-state index in [1.165, 1.54) is 11.1 Å². The average Bonchev–Trinajstić information content (AvgIpc) is 2.28. The van der Waals surface area contributed by atoms with Gasteiger partial charge in [0.15, 0.2) is 9.84 Å². The molecule has 3 nitrogen and oxygen atoms in total. The van der Waals surface area contributed by atoms with Crippen molar-refractivity contribution in [2.45, 2.75) is 33.7 Å². The first-order valence-electron chi connectivity index (χ1n) is 6.70. The van der Waals surface area contributed by atoms with Gasteiger partial charge in [-0.15, -0.1) is 0 Å². The lowest BCUT2D eigenvalue weighted by Crippen LogP contribution is -2.28. The van der Waals surface area contributed by atoms with Crippen LogP contribution in [0.3, 0.4) is 0 Å². The van der Waals surface area contributed by atoms with E-state index in [9.17, 15) is 8.42 Å². The SMILES string of the molecule is CNC(CS(=O)(=O)CC(C)C)c1ccc(C)c(C)c1. The summed E-state index contributed by atoms with van der Waals surface area (Å²) in [7, 11) is -1.22. The molecule has 1 aromatic rings. The Labute approximate surface area is 117 Å². The second kappa shape index (κ2) is 6.53. The molecule has 19 heavy (non-hydrogen) atoms. The second-order valence-electron chi connectivity index (χ2n) is 5.66. The van der Waals surface area contributed by atoms with E-state index in [0.29, 0.717) is 0 Å². The summed E-state index contributed by atoms with van der Waals surface area (Å²) in [4.78, 5) is 0. The Bertz CT molecular complexity index is 521. The van der Waals surface area contributed by atoms with E-state index in [0.717, 1.165) is 5.56 Å². The summed E-state index contributed by atoms with van der Waals surface area (Å²) in [6, 6.07) is 5.99. The van der Waals surface area contributed by atoms with Crippen molar-refractivity contribution < 1.29 is 8.42 Å². The van der Waals surface area contributed by atoms with E-state index in [-0.39, 0.29) is 23.5 Å². The Morgan fingerprint density at radius 1 is 1.11 bits per heavy atom. The predicted octanol–water partition coefficient (Wildman–Crippen LogP) is 2.63. The molecule has 108 valence electrons. The molecule has 0 aliphatic rings. The topological polar surface area (TPSA) is 46.2 Å². The summed E-state index contributed by atoms with van der Waals surface area (Å²) >= 11 is 0. The third-order valence-electron chi connectivity index (χ3n) is 3.29. The summed E-state index contributed by atoms with van der Waals surface area (Å²) in [5.74, 6) is 0.572. The van der Waals surface area contributed by atoms with Crippen LogP contribution in [0.5, 0.6) is 0 Å². The van der Waals surface area contributed by atoms with Crippen LogP contribution in [-0.2, 0) is 9.84 Å². The van der Waals surface area contributed by atoms with E-state index in [2.05, 4.69) is 18.3 Å². The molecule has 0 fully saturated rings. The van der Waals surface area contributed by atoms with Crippen molar-refractivity contribution in [2.24, 2.45) is 5.92 Å². The fraction of sp³-hybridized carbons (Fsp3) is 0.600. The molecule has 1 unspecified atom stereocenters. The standard InChI is InChI=1S/C15H25NO2S/c1-11(2)9-19(17,18)10-15(16-5)14-7-6-12(3)13(4)8-14/h6-8,11,15-16H,9-10H2,1-5H3. The van der Waals surface area contributed by atoms with E-state index >= 15 is 0 Å². The van der Waals surface area contributed by atoms with Crippen LogP contribution in [-0.4, -0.2) is 27.0 Å². The summed E-state index contributed by atoms with van der Waals surface area (Å²) in [5.41, 5.74) is 3.46. The van der Waals surface area contributed by atoms with Gasteiger partial charge in [-0.05, 0) is 43.5 Å². The number of benzene rings is 1. The molecule has 0 bridgehead atoms. The van der Waals surface area contributed by atoms with Crippen molar-refractivity contribution in [1.29, 1.82) is 0 Å². The number of hydrogen-bond acceptors (Lipinski definition) is 3. The summed E-state index contributed by atoms with van der Waals surface area (Å²) in [5, 5.41) is 3.12. The fourth-order valence-electron chi connectivity index (χ4n) is 2.16. The molecule has 0 saturated carbocycles. The maximum Gasteiger partial charge on any atom is 0.152 e. The number of nitrogens with one attached hydrogen (secondary N) is 1. The third-order valence-corrected chi connectivity index (χ3v) is 5.31. The van der Waals surface area contributed by atoms with Crippen molar-refractivity contribution in [1.82, 2.24) is 5.32 Å². The molecule has 4 heteroatoms. The zero-order chi connectivity index (χ0) is 14.6. The highest BCUT2D eigenvalue weighted by Crippen LogP contribution is 2.19. The number of hydrogen-bond donors (Lipinski definition) is 1. The van der Waals surface area contributed by atoms with Gasteiger partial charge in [-0.2, -0.15) is 0 Å². The third kappa shape index (κ3) is 4.96. The molecule has 0 heterocycles. The summed E-state index contributed by atoms with van der Waals surface area (Å²) in [6.07, 6.45) is 0. The molecular weight excluding hydrogens is 258 g/mol. The number of aryl methyl sites for hydroxylation is 2. The Kier molecular flexibility index (Phi) is 5.56. The van der Waals surface area contributed by atoms with E-state index < -0.39 is 9.84 Å².